The SMILES string of the molecule is CNc1cc(COC)nc2cc(OC)c(OC)c(OC)c12. The molecule has 0 radical (unpaired) electrons. The molecule has 2 rings (SSSR count). The lowest BCUT2D eigenvalue weighted by molar-refractivity contribution is 0.182. The van der Waals surface area contributed by atoms with Gasteiger partial charge in [0.1, 0.15) is 0 Å². The third-order valence-electron chi connectivity index (χ3n) is 3.22. The van der Waals surface area contributed by atoms with Crippen LogP contribution in [-0.2, 0) is 11.3 Å². The average molecular weight is 292 g/mol. The van der Waals surface area contributed by atoms with Crippen molar-refractivity contribution < 1.29 is 18.9 Å². The van der Waals surface area contributed by atoms with Crippen LogP contribution >= 0.6 is 0 Å². The average Bonchev–Trinajstić information content (AvgIpc) is 2.52. The third-order valence-corrected chi connectivity index (χ3v) is 3.22. The predicted molar refractivity (Wildman–Crippen MR) is 81.7 cm³/mol. The fourth-order valence-electron chi connectivity index (χ4n) is 2.34. The first-order valence-corrected chi connectivity index (χ1v) is 6.49. The van der Waals surface area contributed by atoms with Crippen LogP contribution in [0.4, 0.5) is 5.69 Å². The molecule has 0 unspecified atom stereocenters. The Bertz CT molecular complexity index is 643. The Labute approximate surface area is 124 Å². The molecule has 1 aromatic carbocycles. The van der Waals surface area contributed by atoms with Gasteiger partial charge in [-0.05, 0) is 6.07 Å². The molecule has 6 heteroatoms. The van der Waals surface area contributed by atoms with E-state index in [4.69, 9.17) is 18.9 Å². The maximum Gasteiger partial charge on any atom is 0.204 e. The van der Waals surface area contributed by atoms with Gasteiger partial charge in [-0.15, -0.1) is 0 Å². The second-order valence-electron chi connectivity index (χ2n) is 4.38. The van der Waals surface area contributed by atoms with E-state index in [2.05, 4.69) is 10.3 Å². The number of pyridine rings is 1. The first kappa shape index (κ1) is 15.2. The fourth-order valence-corrected chi connectivity index (χ4v) is 2.34. The van der Waals surface area contributed by atoms with Crippen molar-refractivity contribution in [2.75, 3.05) is 40.8 Å². The van der Waals surface area contributed by atoms with Gasteiger partial charge in [-0.2, -0.15) is 0 Å². The molecule has 0 aliphatic carbocycles. The molecule has 2 aromatic rings. The molecule has 0 aliphatic rings. The largest absolute Gasteiger partial charge is 0.493 e. The quantitative estimate of drug-likeness (QED) is 0.882. The van der Waals surface area contributed by atoms with Gasteiger partial charge in [0.2, 0.25) is 5.75 Å². The summed E-state index contributed by atoms with van der Waals surface area (Å²) >= 11 is 0. The topological polar surface area (TPSA) is 61.8 Å². The van der Waals surface area contributed by atoms with Gasteiger partial charge in [0.15, 0.2) is 11.5 Å². The molecule has 114 valence electrons. The number of hydrogen-bond donors (Lipinski definition) is 1. The molecule has 1 heterocycles. The molecule has 0 amide bonds. The van der Waals surface area contributed by atoms with Gasteiger partial charge in [-0.3, -0.25) is 0 Å². The number of anilines is 1. The molecule has 0 spiro atoms. The fraction of sp³-hybridized carbons (Fsp3) is 0.400. The van der Waals surface area contributed by atoms with Crippen molar-refractivity contribution in [3.05, 3.63) is 17.8 Å². The Morgan fingerprint density at radius 3 is 2.24 bits per heavy atom. The molecule has 1 N–H and O–H groups in total. The van der Waals surface area contributed by atoms with E-state index in [0.29, 0.717) is 23.9 Å². The second-order valence-corrected chi connectivity index (χ2v) is 4.38. The van der Waals surface area contributed by atoms with Gasteiger partial charge in [-0.25, -0.2) is 4.98 Å². The number of methoxy groups -OCH3 is 4. The van der Waals surface area contributed by atoms with E-state index in [1.54, 1.807) is 28.4 Å². The normalized spacial score (nSPS) is 10.5. The first-order chi connectivity index (χ1) is 10.2. The predicted octanol–water partition coefficient (Wildman–Crippen LogP) is 2.45. The van der Waals surface area contributed by atoms with Crippen LogP contribution in [-0.4, -0.2) is 40.5 Å². The van der Waals surface area contributed by atoms with E-state index in [0.717, 1.165) is 22.3 Å². The summed E-state index contributed by atoms with van der Waals surface area (Å²) in [6, 6.07) is 3.76. The summed E-state index contributed by atoms with van der Waals surface area (Å²) in [5.41, 5.74) is 2.47. The van der Waals surface area contributed by atoms with Crippen LogP contribution in [0.3, 0.4) is 0 Å². The van der Waals surface area contributed by atoms with Crippen LogP contribution in [0, 0.1) is 0 Å². The molecule has 0 fully saturated rings. The summed E-state index contributed by atoms with van der Waals surface area (Å²) in [6.07, 6.45) is 0. The minimum Gasteiger partial charge on any atom is -0.493 e. The lowest BCUT2D eigenvalue weighted by Crippen LogP contribution is -2.02. The maximum absolute atomic E-state index is 5.52. The summed E-state index contributed by atoms with van der Waals surface area (Å²) < 4.78 is 21.5. The minimum absolute atomic E-state index is 0.432. The summed E-state index contributed by atoms with van der Waals surface area (Å²) in [5.74, 6) is 1.71. The highest BCUT2D eigenvalue weighted by atomic mass is 16.5. The van der Waals surface area contributed by atoms with Gasteiger partial charge >= 0.3 is 0 Å². The molecular weight excluding hydrogens is 272 g/mol. The molecule has 0 saturated carbocycles. The van der Waals surface area contributed by atoms with E-state index in [1.165, 1.54) is 0 Å². The van der Waals surface area contributed by atoms with Crippen LogP contribution in [0.25, 0.3) is 10.9 Å². The first-order valence-electron chi connectivity index (χ1n) is 6.49. The maximum atomic E-state index is 5.52. The van der Waals surface area contributed by atoms with E-state index < -0.39 is 0 Å². The molecular formula is C15H20N2O4. The third kappa shape index (κ3) is 2.67. The Morgan fingerprint density at radius 2 is 1.71 bits per heavy atom. The molecule has 6 nitrogen and oxygen atoms in total. The molecule has 0 aliphatic heterocycles. The van der Waals surface area contributed by atoms with Gasteiger partial charge in [-0.1, -0.05) is 0 Å². The van der Waals surface area contributed by atoms with E-state index in [9.17, 15) is 0 Å². The number of nitrogens with zero attached hydrogens (tertiary/aromatic N) is 1. The zero-order chi connectivity index (χ0) is 15.4. The van der Waals surface area contributed by atoms with Crippen molar-refractivity contribution in [2.45, 2.75) is 6.61 Å². The zero-order valence-electron chi connectivity index (χ0n) is 12.9. The Hall–Kier alpha value is -2.21. The number of benzene rings is 1. The highest BCUT2D eigenvalue weighted by molar-refractivity contribution is 6.00. The second kappa shape index (κ2) is 6.49. The van der Waals surface area contributed by atoms with Gasteiger partial charge in [0.05, 0.1) is 44.5 Å². The molecule has 0 saturated heterocycles. The van der Waals surface area contributed by atoms with Crippen molar-refractivity contribution >= 4 is 16.6 Å². The van der Waals surface area contributed by atoms with Crippen LogP contribution in [0.2, 0.25) is 0 Å². The molecule has 21 heavy (non-hydrogen) atoms. The number of aromatic nitrogens is 1. The van der Waals surface area contributed by atoms with Crippen LogP contribution in [0.15, 0.2) is 12.1 Å². The summed E-state index contributed by atoms with van der Waals surface area (Å²) in [4.78, 5) is 4.59. The van der Waals surface area contributed by atoms with Crippen molar-refractivity contribution in [1.29, 1.82) is 0 Å². The van der Waals surface area contributed by atoms with Crippen LogP contribution in [0.1, 0.15) is 5.69 Å². The van der Waals surface area contributed by atoms with E-state index in [-0.39, 0.29) is 0 Å². The van der Waals surface area contributed by atoms with E-state index >= 15 is 0 Å². The zero-order valence-corrected chi connectivity index (χ0v) is 12.9. The van der Waals surface area contributed by atoms with Crippen molar-refractivity contribution in [2.24, 2.45) is 0 Å². The number of fused-ring (bicyclic) bond motifs is 1. The summed E-state index contributed by atoms with van der Waals surface area (Å²) in [6.45, 7) is 0.432. The molecule has 1 aromatic heterocycles. The highest BCUT2D eigenvalue weighted by Gasteiger charge is 2.19. The van der Waals surface area contributed by atoms with Crippen LogP contribution < -0.4 is 19.5 Å². The minimum atomic E-state index is 0.432. The van der Waals surface area contributed by atoms with Gasteiger partial charge in [0.25, 0.3) is 0 Å². The Kier molecular flexibility index (Phi) is 4.70. The van der Waals surface area contributed by atoms with E-state index in [1.807, 2.05) is 19.2 Å². The number of rotatable bonds is 6. The highest BCUT2D eigenvalue weighted by Crippen LogP contribution is 2.45. The number of nitrogens with one attached hydrogen (secondary N) is 1. The molecule has 0 bridgehead atoms. The lowest BCUT2D eigenvalue weighted by Gasteiger charge is -2.17. The monoisotopic (exact) mass is 292 g/mol. The van der Waals surface area contributed by atoms with Crippen molar-refractivity contribution in [3.8, 4) is 17.2 Å². The number of ether oxygens (including phenoxy) is 4. The molecule has 0 atom stereocenters. The Morgan fingerprint density at radius 1 is 1.00 bits per heavy atom. The van der Waals surface area contributed by atoms with Crippen LogP contribution in [0.5, 0.6) is 17.2 Å². The lowest BCUT2D eigenvalue weighted by atomic mass is 10.1. The number of hydrogen-bond acceptors (Lipinski definition) is 6. The Balaban J connectivity index is 2.83. The summed E-state index contributed by atoms with van der Waals surface area (Å²) in [7, 11) is 8.25. The smallest absolute Gasteiger partial charge is 0.204 e. The van der Waals surface area contributed by atoms with Crippen molar-refractivity contribution in [3.63, 3.8) is 0 Å². The standard InChI is InChI=1S/C15H20N2O4/c1-16-10-6-9(8-18-2)17-11-7-12(19-3)14(20-4)15(21-5)13(10)11/h6-7H,8H2,1-5H3,(H,16,17). The van der Waals surface area contributed by atoms with Gasteiger partial charge in [0, 0.05) is 25.9 Å². The van der Waals surface area contributed by atoms with Gasteiger partial charge < -0.3 is 24.3 Å². The summed E-state index contributed by atoms with van der Waals surface area (Å²) in [5, 5.41) is 4.01. The van der Waals surface area contributed by atoms with Crippen molar-refractivity contribution in [1.82, 2.24) is 4.98 Å².